The highest BCUT2D eigenvalue weighted by Gasteiger charge is 1.99. The van der Waals surface area contributed by atoms with Gasteiger partial charge in [0.25, 0.3) is 0 Å². The van der Waals surface area contributed by atoms with Crippen molar-refractivity contribution >= 4 is 16.8 Å². The molecule has 1 nitrogen and oxygen atoms in total. The van der Waals surface area contributed by atoms with Crippen LogP contribution in [0.4, 0.5) is 0 Å². The molecule has 2 aromatic carbocycles. The molecule has 2 aromatic rings. The summed E-state index contributed by atoms with van der Waals surface area (Å²) in [5.41, 5.74) is 2.75. The van der Waals surface area contributed by atoms with Crippen LogP contribution in [-0.4, -0.2) is 13.6 Å². The summed E-state index contributed by atoms with van der Waals surface area (Å²) in [5.74, 6) is 0. The Balaban J connectivity index is 2.48. The van der Waals surface area contributed by atoms with Gasteiger partial charge in [-0.15, -0.1) is 0 Å². The van der Waals surface area contributed by atoms with E-state index < -0.39 is 0 Å². The molecule has 0 heterocycles. The standard InChI is InChI=1S/C16H19N/c1-3-13(12-17-2)11-15-9-6-8-14-7-4-5-10-16(14)15/h4-11,17H,3,12H2,1-2H3. The highest BCUT2D eigenvalue weighted by atomic mass is 14.8. The Morgan fingerprint density at radius 2 is 1.88 bits per heavy atom. The van der Waals surface area contributed by atoms with Crippen molar-refractivity contribution in [1.29, 1.82) is 0 Å². The van der Waals surface area contributed by atoms with Gasteiger partial charge >= 0.3 is 0 Å². The average Bonchev–Trinajstić information content (AvgIpc) is 2.38. The summed E-state index contributed by atoms with van der Waals surface area (Å²) in [6.07, 6.45) is 3.39. The number of hydrogen-bond donors (Lipinski definition) is 1. The number of likely N-dealkylation sites (N-methyl/N-ethyl adjacent to an activating group) is 1. The van der Waals surface area contributed by atoms with E-state index in [-0.39, 0.29) is 0 Å². The summed E-state index contributed by atoms with van der Waals surface area (Å²) >= 11 is 0. The predicted molar refractivity (Wildman–Crippen MR) is 76.1 cm³/mol. The molecule has 0 atom stereocenters. The molecule has 0 unspecified atom stereocenters. The van der Waals surface area contributed by atoms with Gasteiger partial charge < -0.3 is 5.32 Å². The normalized spacial score (nSPS) is 12.0. The van der Waals surface area contributed by atoms with Gasteiger partial charge in [0, 0.05) is 6.54 Å². The third kappa shape index (κ3) is 2.75. The number of hydrogen-bond acceptors (Lipinski definition) is 1. The number of fused-ring (bicyclic) bond motifs is 1. The average molecular weight is 225 g/mol. The molecule has 1 N–H and O–H groups in total. The van der Waals surface area contributed by atoms with Crippen LogP contribution in [0.2, 0.25) is 0 Å². The zero-order valence-electron chi connectivity index (χ0n) is 10.5. The molecule has 1 heteroatoms. The van der Waals surface area contributed by atoms with E-state index in [1.807, 2.05) is 7.05 Å². The molecule has 0 fully saturated rings. The molecule has 88 valence electrons. The van der Waals surface area contributed by atoms with Crippen molar-refractivity contribution in [3.63, 3.8) is 0 Å². The van der Waals surface area contributed by atoms with Gasteiger partial charge in [-0.3, -0.25) is 0 Å². The van der Waals surface area contributed by atoms with Gasteiger partial charge in [0.15, 0.2) is 0 Å². The molecule has 0 radical (unpaired) electrons. The van der Waals surface area contributed by atoms with Crippen LogP contribution in [0, 0.1) is 0 Å². The van der Waals surface area contributed by atoms with Crippen LogP contribution in [0.25, 0.3) is 16.8 Å². The topological polar surface area (TPSA) is 12.0 Å². The van der Waals surface area contributed by atoms with Crippen molar-refractivity contribution in [1.82, 2.24) is 5.32 Å². The zero-order chi connectivity index (χ0) is 12.1. The molecular weight excluding hydrogens is 206 g/mol. The molecule has 0 aliphatic heterocycles. The van der Waals surface area contributed by atoms with Gasteiger partial charge in [-0.1, -0.05) is 61.0 Å². The Bertz CT molecular complexity index is 521. The second kappa shape index (κ2) is 5.65. The lowest BCUT2D eigenvalue weighted by atomic mass is 10.0. The van der Waals surface area contributed by atoms with E-state index >= 15 is 0 Å². The molecule has 0 aliphatic carbocycles. The maximum absolute atomic E-state index is 3.22. The van der Waals surface area contributed by atoms with E-state index in [4.69, 9.17) is 0 Å². The highest BCUT2D eigenvalue weighted by molar-refractivity contribution is 5.90. The second-order valence-electron chi connectivity index (χ2n) is 4.25. The van der Waals surface area contributed by atoms with E-state index in [0.29, 0.717) is 0 Å². The van der Waals surface area contributed by atoms with Crippen molar-refractivity contribution in [2.75, 3.05) is 13.6 Å². The largest absolute Gasteiger partial charge is 0.316 e. The van der Waals surface area contributed by atoms with Crippen LogP contribution < -0.4 is 5.32 Å². The molecule has 0 amide bonds. The van der Waals surface area contributed by atoms with Gasteiger partial charge in [0.1, 0.15) is 0 Å². The van der Waals surface area contributed by atoms with Crippen LogP contribution in [0.15, 0.2) is 48.0 Å². The van der Waals surface area contributed by atoms with Gasteiger partial charge in [-0.05, 0) is 29.8 Å². The molecular formula is C16H19N. The Morgan fingerprint density at radius 1 is 1.12 bits per heavy atom. The zero-order valence-corrected chi connectivity index (χ0v) is 10.5. The maximum atomic E-state index is 3.22. The minimum absolute atomic E-state index is 0.958. The third-order valence-corrected chi connectivity index (χ3v) is 3.04. The lowest BCUT2D eigenvalue weighted by molar-refractivity contribution is 0.851. The first-order valence-electron chi connectivity index (χ1n) is 6.17. The third-order valence-electron chi connectivity index (χ3n) is 3.04. The maximum Gasteiger partial charge on any atom is 0.0164 e. The molecule has 0 aromatic heterocycles. The minimum atomic E-state index is 0.958. The summed E-state index contributed by atoms with van der Waals surface area (Å²) in [7, 11) is 1.99. The van der Waals surface area contributed by atoms with Gasteiger partial charge in [0.2, 0.25) is 0 Å². The fraction of sp³-hybridized carbons (Fsp3) is 0.250. The second-order valence-corrected chi connectivity index (χ2v) is 4.25. The SMILES string of the molecule is CCC(=Cc1cccc2ccccc12)CNC. The fourth-order valence-corrected chi connectivity index (χ4v) is 2.10. The molecule has 0 saturated carbocycles. The summed E-state index contributed by atoms with van der Waals surface area (Å²) in [4.78, 5) is 0. The highest BCUT2D eigenvalue weighted by Crippen LogP contribution is 2.21. The molecule has 17 heavy (non-hydrogen) atoms. The fourth-order valence-electron chi connectivity index (χ4n) is 2.10. The van der Waals surface area contributed by atoms with Crippen molar-refractivity contribution < 1.29 is 0 Å². The van der Waals surface area contributed by atoms with Crippen LogP contribution in [0.1, 0.15) is 18.9 Å². The summed E-state index contributed by atoms with van der Waals surface area (Å²) in [5, 5.41) is 5.86. The van der Waals surface area contributed by atoms with Crippen molar-refractivity contribution in [3.8, 4) is 0 Å². The van der Waals surface area contributed by atoms with Gasteiger partial charge in [-0.25, -0.2) is 0 Å². The van der Waals surface area contributed by atoms with E-state index in [2.05, 4.69) is 60.8 Å². The van der Waals surface area contributed by atoms with Crippen LogP contribution >= 0.6 is 0 Å². The predicted octanol–water partition coefficient (Wildman–Crippen LogP) is 3.85. The lowest BCUT2D eigenvalue weighted by Gasteiger charge is -2.06. The van der Waals surface area contributed by atoms with Gasteiger partial charge in [-0.2, -0.15) is 0 Å². The van der Waals surface area contributed by atoms with Crippen molar-refractivity contribution in [2.24, 2.45) is 0 Å². The summed E-state index contributed by atoms with van der Waals surface area (Å²) < 4.78 is 0. The van der Waals surface area contributed by atoms with Gasteiger partial charge in [0.05, 0.1) is 0 Å². The summed E-state index contributed by atoms with van der Waals surface area (Å²) in [6, 6.07) is 15.0. The van der Waals surface area contributed by atoms with Crippen LogP contribution in [-0.2, 0) is 0 Å². The molecule has 0 spiro atoms. The summed E-state index contributed by atoms with van der Waals surface area (Å²) in [6.45, 7) is 3.16. The van der Waals surface area contributed by atoms with E-state index in [0.717, 1.165) is 13.0 Å². The quantitative estimate of drug-likeness (QED) is 0.833. The van der Waals surface area contributed by atoms with Crippen molar-refractivity contribution in [3.05, 3.63) is 53.6 Å². The number of rotatable bonds is 4. The van der Waals surface area contributed by atoms with E-state index in [1.54, 1.807) is 0 Å². The molecule has 0 aliphatic rings. The Morgan fingerprint density at radius 3 is 2.65 bits per heavy atom. The van der Waals surface area contributed by atoms with E-state index in [1.165, 1.54) is 21.9 Å². The Labute approximate surface area is 103 Å². The smallest absolute Gasteiger partial charge is 0.0164 e. The number of benzene rings is 2. The van der Waals surface area contributed by atoms with Crippen LogP contribution in [0.3, 0.4) is 0 Å². The number of nitrogens with one attached hydrogen (secondary N) is 1. The first-order chi connectivity index (χ1) is 8.35. The Hall–Kier alpha value is -1.60. The van der Waals surface area contributed by atoms with Crippen molar-refractivity contribution in [2.45, 2.75) is 13.3 Å². The molecule has 0 bridgehead atoms. The Kier molecular flexibility index (Phi) is 3.94. The molecule has 0 saturated heterocycles. The molecule has 2 rings (SSSR count). The van der Waals surface area contributed by atoms with Crippen LogP contribution in [0.5, 0.6) is 0 Å². The minimum Gasteiger partial charge on any atom is -0.316 e. The van der Waals surface area contributed by atoms with E-state index in [9.17, 15) is 0 Å². The first-order valence-corrected chi connectivity index (χ1v) is 6.17. The lowest BCUT2D eigenvalue weighted by Crippen LogP contribution is -2.09. The first kappa shape index (κ1) is 11.9. The monoisotopic (exact) mass is 225 g/mol.